The van der Waals surface area contributed by atoms with Gasteiger partial charge in [0.2, 0.25) is 0 Å². The van der Waals surface area contributed by atoms with Crippen molar-refractivity contribution in [3.63, 3.8) is 0 Å². The predicted octanol–water partition coefficient (Wildman–Crippen LogP) is 3.36. The molecule has 0 heterocycles. The summed E-state index contributed by atoms with van der Waals surface area (Å²) in [7, 11) is 0. The first kappa shape index (κ1) is 18.7. The molecule has 26 heavy (non-hydrogen) atoms. The number of aliphatic hydroxyl groups excluding tert-OH is 1. The van der Waals surface area contributed by atoms with E-state index in [9.17, 15) is 5.11 Å². The smallest absolute Gasteiger partial charge is 0.119 e. The van der Waals surface area contributed by atoms with Crippen molar-refractivity contribution >= 4 is 0 Å². The van der Waals surface area contributed by atoms with Crippen LogP contribution in [0.15, 0.2) is 48.5 Å². The number of aryl methyl sites for hydroxylation is 1. The molecule has 0 saturated carbocycles. The van der Waals surface area contributed by atoms with Crippen molar-refractivity contribution < 1.29 is 14.6 Å². The van der Waals surface area contributed by atoms with E-state index < -0.39 is 6.10 Å². The summed E-state index contributed by atoms with van der Waals surface area (Å²) in [6.07, 6.45) is 3.84. The first-order chi connectivity index (χ1) is 12.7. The van der Waals surface area contributed by atoms with E-state index in [0.717, 1.165) is 37.2 Å². The number of benzene rings is 2. The van der Waals surface area contributed by atoms with Gasteiger partial charge in [0, 0.05) is 12.6 Å². The molecular weight excluding hydrogens is 326 g/mol. The molecule has 0 radical (unpaired) electrons. The lowest BCUT2D eigenvalue weighted by Crippen LogP contribution is -2.39. The topological polar surface area (TPSA) is 50.7 Å². The van der Waals surface area contributed by atoms with E-state index in [2.05, 4.69) is 23.5 Å². The molecule has 0 spiro atoms. The molecule has 1 unspecified atom stereocenters. The maximum Gasteiger partial charge on any atom is 0.119 e. The van der Waals surface area contributed by atoms with Crippen LogP contribution < -0.4 is 14.8 Å². The summed E-state index contributed by atoms with van der Waals surface area (Å²) in [4.78, 5) is 0. The molecule has 0 amide bonds. The fraction of sp³-hybridized carbons (Fsp3) is 0.455. The van der Waals surface area contributed by atoms with Gasteiger partial charge >= 0.3 is 0 Å². The number of hydrogen-bond acceptors (Lipinski definition) is 4. The quantitative estimate of drug-likeness (QED) is 0.713. The van der Waals surface area contributed by atoms with Crippen molar-refractivity contribution in [3.8, 4) is 11.5 Å². The van der Waals surface area contributed by atoms with Crippen molar-refractivity contribution in [2.75, 3.05) is 19.8 Å². The first-order valence-corrected chi connectivity index (χ1v) is 9.58. The molecule has 4 heteroatoms. The van der Waals surface area contributed by atoms with Gasteiger partial charge in [-0.1, -0.05) is 24.3 Å². The number of hydrogen-bond donors (Lipinski definition) is 2. The number of nitrogens with one attached hydrogen (secondary N) is 1. The van der Waals surface area contributed by atoms with Gasteiger partial charge in [-0.25, -0.2) is 0 Å². The van der Waals surface area contributed by atoms with Gasteiger partial charge in [-0.15, -0.1) is 0 Å². The van der Waals surface area contributed by atoms with Crippen LogP contribution in [0.5, 0.6) is 11.5 Å². The average Bonchev–Trinajstić information content (AvgIpc) is 2.87. The minimum Gasteiger partial charge on any atom is -0.494 e. The van der Waals surface area contributed by atoms with Crippen molar-refractivity contribution in [2.45, 2.75) is 44.8 Å². The van der Waals surface area contributed by atoms with Crippen LogP contribution in [0.3, 0.4) is 0 Å². The highest BCUT2D eigenvalue weighted by Gasteiger charge is 2.18. The molecule has 0 fully saturated rings. The Hall–Kier alpha value is -2.04. The minimum absolute atomic E-state index is 0.300. The van der Waals surface area contributed by atoms with Gasteiger partial charge in [0.15, 0.2) is 0 Å². The normalized spacial score (nSPS) is 17.8. The SMILES string of the molecule is CCOc1ccc2c(c1)CC(NC[C@H](O)COc1ccccc1)CCC2. The fourth-order valence-electron chi connectivity index (χ4n) is 3.44. The number of ether oxygens (including phenoxy) is 2. The number of para-hydroxylation sites is 1. The minimum atomic E-state index is -0.521. The van der Waals surface area contributed by atoms with Gasteiger partial charge in [0.1, 0.15) is 24.2 Å². The molecule has 1 aliphatic rings. The monoisotopic (exact) mass is 355 g/mol. The zero-order chi connectivity index (χ0) is 18.2. The Kier molecular flexibility index (Phi) is 6.92. The Morgan fingerprint density at radius 2 is 1.92 bits per heavy atom. The molecule has 0 aliphatic heterocycles. The number of rotatable bonds is 8. The molecule has 3 rings (SSSR count). The Morgan fingerprint density at radius 1 is 1.08 bits per heavy atom. The van der Waals surface area contributed by atoms with E-state index in [-0.39, 0.29) is 0 Å². The molecule has 2 N–H and O–H groups in total. The third-order valence-electron chi connectivity index (χ3n) is 4.78. The molecule has 2 atom stereocenters. The van der Waals surface area contributed by atoms with Crippen LogP contribution in [-0.4, -0.2) is 37.0 Å². The van der Waals surface area contributed by atoms with Crippen molar-refractivity contribution in [1.82, 2.24) is 5.32 Å². The molecule has 140 valence electrons. The molecule has 4 nitrogen and oxygen atoms in total. The van der Waals surface area contributed by atoms with Crippen molar-refractivity contribution in [1.29, 1.82) is 0 Å². The second-order valence-corrected chi connectivity index (χ2v) is 6.84. The maximum atomic E-state index is 10.2. The van der Waals surface area contributed by atoms with Crippen LogP contribution in [0.25, 0.3) is 0 Å². The van der Waals surface area contributed by atoms with Gasteiger partial charge in [0.05, 0.1) is 6.61 Å². The molecule has 1 aliphatic carbocycles. The summed E-state index contributed by atoms with van der Waals surface area (Å²) in [5.74, 6) is 1.74. The van der Waals surface area contributed by atoms with Crippen LogP contribution in [0.4, 0.5) is 0 Å². The Balaban J connectivity index is 1.49. The zero-order valence-corrected chi connectivity index (χ0v) is 15.5. The third kappa shape index (κ3) is 5.48. The van der Waals surface area contributed by atoms with Crippen molar-refractivity contribution in [3.05, 3.63) is 59.7 Å². The van der Waals surface area contributed by atoms with Crippen LogP contribution in [0, 0.1) is 0 Å². The van der Waals surface area contributed by atoms with Crippen LogP contribution in [0.2, 0.25) is 0 Å². The second-order valence-electron chi connectivity index (χ2n) is 6.84. The zero-order valence-electron chi connectivity index (χ0n) is 15.5. The lowest BCUT2D eigenvalue weighted by Gasteiger charge is -2.20. The summed E-state index contributed by atoms with van der Waals surface area (Å²) >= 11 is 0. The van der Waals surface area contributed by atoms with Gasteiger partial charge in [-0.05, 0) is 68.0 Å². The highest BCUT2D eigenvalue weighted by molar-refractivity contribution is 5.37. The third-order valence-corrected chi connectivity index (χ3v) is 4.78. The summed E-state index contributed by atoms with van der Waals surface area (Å²) < 4.78 is 11.3. The molecular formula is C22H29NO3. The second kappa shape index (κ2) is 9.60. The van der Waals surface area contributed by atoms with E-state index in [0.29, 0.717) is 25.8 Å². The Morgan fingerprint density at radius 3 is 2.73 bits per heavy atom. The first-order valence-electron chi connectivity index (χ1n) is 9.58. The van der Waals surface area contributed by atoms with Gasteiger partial charge < -0.3 is 19.9 Å². The fourth-order valence-corrected chi connectivity index (χ4v) is 3.44. The summed E-state index contributed by atoms with van der Waals surface area (Å²) in [6.45, 7) is 3.54. The summed E-state index contributed by atoms with van der Waals surface area (Å²) in [5.41, 5.74) is 2.78. The van der Waals surface area contributed by atoms with Crippen molar-refractivity contribution in [2.24, 2.45) is 0 Å². The van der Waals surface area contributed by atoms with E-state index in [1.807, 2.05) is 37.3 Å². The standard InChI is InChI=1S/C22H29NO3/c1-2-25-22-12-11-17-7-6-8-19(13-18(17)14-22)23-15-20(24)16-26-21-9-4-3-5-10-21/h3-5,9-12,14,19-20,23-24H,2,6-8,13,15-16H2,1H3/t19?,20-/m0/s1. The van der Waals surface area contributed by atoms with E-state index in [1.54, 1.807) is 0 Å². The lowest BCUT2D eigenvalue weighted by molar-refractivity contribution is 0.103. The highest BCUT2D eigenvalue weighted by Crippen LogP contribution is 2.25. The molecule has 0 bridgehead atoms. The largest absolute Gasteiger partial charge is 0.494 e. The van der Waals surface area contributed by atoms with E-state index >= 15 is 0 Å². The Labute approximate surface area is 156 Å². The Bertz CT molecular complexity index is 674. The number of fused-ring (bicyclic) bond motifs is 1. The van der Waals surface area contributed by atoms with Gasteiger partial charge in [0.25, 0.3) is 0 Å². The van der Waals surface area contributed by atoms with Crippen LogP contribution >= 0.6 is 0 Å². The number of aliphatic hydroxyl groups is 1. The molecule has 2 aromatic rings. The summed E-state index contributed by atoms with van der Waals surface area (Å²) in [5, 5.41) is 13.7. The highest BCUT2D eigenvalue weighted by atomic mass is 16.5. The van der Waals surface area contributed by atoms with Crippen LogP contribution in [0.1, 0.15) is 30.9 Å². The summed E-state index contributed by atoms with van der Waals surface area (Å²) in [6, 6.07) is 16.4. The molecule has 0 aromatic heterocycles. The van der Waals surface area contributed by atoms with Gasteiger partial charge in [-0.2, -0.15) is 0 Å². The van der Waals surface area contributed by atoms with Crippen LogP contribution in [-0.2, 0) is 12.8 Å². The lowest BCUT2D eigenvalue weighted by atomic mass is 10.0. The molecule has 2 aromatic carbocycles. The van der Waals surface area contributed by atoms with E-state index in [4.69, 9.17) is 9.47 Å². The van der Waals surface area contributed by atoms with E-state index in [1.165, 1.54) is 11.1 Å². The van der Waals surface area contributed by atoms with Gasteiger partial charge in [-0.3, -0.25) is 0 Å². The maximum absolute atomic E-state index is 10.2. The predicted molar refractivity (Wildman–Crippen MR) is 104 cm³/mol. The molecule has 0 saturated heterocycles. The average molecular weight is 355 g/mol.